The lowest BCUT2D eigenvalue weighted by Crippen LogP contribution is -2.20. The van der Waals surface area contributed by atoms with Crippen LogP contribution in [0, 0.1) is 0 Å². The number of fused-ring (bicyclic) bond motifs is 1. The predicted molar refractivity (Wildman–Crippen MR) is 100 cm³/mol. The maximum atomic E-state index is 5.44. The van der Waals surface area contributed by atoms with Gasteiger partial charge < -0.3 is 19.5 Å². The molecule has 2 heterocycles. The van der Waals surface area contributed by atoms with E-state index in [2.05, 4.69) is 26.9 Å². The zero-order chi connectivity index (χ0) is 18.8. The molecule has 8 heteroatoms. The van der Waals surface area contributed by atoms with Crippen LogP contribution in [-0.2, 0) is 0 Å². The first-order valence-electron chi connectivity index (χ1n) is 8.36. The Morgan fingerprint density at radius 2 is 1.81 bits per heavy atom. The molecule has 0 spiro atoms. The molecule has 0 bridgehead atoms. The Hall–Kier alpha value is -3.55. The van der Waals surface area contributed by atoms with Gasteiger partial charge in [-0.05, 0) is 46.3 Å². The summed E-state index contributed by atoms with van der Waals surface area (Å²) in [6.45, 7) is 0. The van der Waals surface area contributed by atoms with Gasteiger partial charge in [-0.15, -0.1) is 0 Å². The van der Waals surface area contributed by atoms with Gasteiger partial charge in [-0.3, -0.25) is 0 Å². The fourth-order valence-corrected chi connectivity index (χ4v) is 3.09. The minimum atomic E-state index is -0.197. The Bertz CT molecular complexity index is 999. The summed E-state index contributed by atoms with van der Waals surface area (Å²) in [5.41, 5.74) is 2.85. The van der Waals surface area contributed by atoms with E-state index in [0.29, 0.717) is 17.4 Å². The van der Waals surface area contributed by atoms with Crippen molar-refractivity contribution in [3.63, 3.8) is 0 Å². The van der Waals surface area contributed by atoms with Gasteiger partial charge in [0.15, 0.2) is 11.5 Å². The molecule has 0 unspecified atom stereocenters. The van der Waals surface area contributed by atoms with E-state index in [1.807, 2.05) is 42.5 Å². The Morgan fingerprint density at radius 1 is 0.963 bits per heavy atom. The number of nitrogens with one attached hydrogen (secondary N) is 1. The SMILES string of the molecule is COc1cccc(C2=C[C@H](c3ccc(OC)c(OC)c3)n3nnnc3N2)c1. The van der Waals surface area contributed by atoms with Crippen molar-refractivity contribution in [2.45, 2.75) is 6.04 Å². The molecular formula is C19H19N5O3. The zero-order valence-corrected chi connectivity index (χ0v) is 15.2. The van der Waals surface area contributed by atoms with Crippen LogP contribution in [0.4, 0.5) is 5.95 Å². The van der Waals surface area contributed by atoms with E-state index < -0.39 is 0 Å². The van der Waals surface area contributed by atoms with Crippen LogP contribution in [0.5, 0.6) is 17.2 Å². The molecular weight excluding hydrogens is 346 g/mol. The van der Waals surface area contributed by atoms with Gasteiger partial charge in [0.1, 0.15) is 11.8 Å². The molecule has 1 aliphatic rings. The molecule has 4 rings (SSSR count). The molecule has 0 radical (unpaired) electrons. The van der Waals surface area contributed by atoms with Crippen LogP contribution in [0.15, 0.2) is 48.5 Å². The fraction of sp³-hybridized carbons (Fsp3) is 0.211. The molecule has 0 aliphatic carbocycles. The summed E-state index contributed by atoms with van der Waals surface area (Å²) in [4.78, 5) is 0. The largest absolute Gasteiger partial charge is 0.497 e. The quantitative estimate of drug-likeness (QED) is 0.744. The standard InChI is InChI=1S/C19H19N5O3/c1-25-14-6-4-5-12(9-14)15-11-16(24-19(20-15)21-22-23-24)13-7-8-17(26-2)18(10-13)27-3/h4-11,16H,1-3H3,(H,20,21,23)/t16-/m1/s1. The summed E-state index contributed by atoms with van der Waals surface area (Å²) in [7, 11) is 4.88. The van der Waals surface area contributed by atoms with Gasteiger partial charge >= 0.3 is 0 Å². The normalized spacial score (nSPS) is 15.4. The van der Waals surface area contributed by atoms with Crippen molar-refractivity contribution in [3.8, 4) is 17.2 Å². The number of benzene rings is 2. The van der Waals surface area contributed by atoms with Gasteiger partial charge in [-0.2, -0.15) is 4.68 Å². The molecule has 1 aliphatic heterocycles. The van der Waals surface area contributed by atoms with Crippen molar-refractivity contribution in [3.05, 3.63) is 59.7 Å². The van der Waals surface area contributed by atoms with Crippen molar-refractivity contribution in [1.29, 1.82) is 0 Å². The molecule has 2 aromatic carbocycles. The van der Waals surface area contributed by atoms with Crippen LogP contribution in [-0.4, -0.2) is 41.5 Å². The van der Waals surface area contributed by atoms with E-state index in [9.17, 15) is 0 Å². The van der Waals surface area contributed by atoms with Gasteiger partial charge in [0, 0.05) is 11.3 Å². The lowest BCUT2D eigenvalue weighted by Gasteiger charge is -2.24. The number of rotatable bonds is 5. The Kier molecular flexibility index (Phi) is 4.37. The number of nitrogens with zero attached hydrogens (tertiary/aromatic N) is 4. The molecule has 27 heavy (non-hydrogen) atoms. The van der Waals surface area contributed by atoms with Crippen molar-refractivity contribution in [1.82, 2.24) is 20.2 Å². The average Bonchev–Trinajstić information content (AvgIpc) is 3.21. The number of methoxy groups -OCH3 is 3. The van der Waals surface area contributed by atoms with E-state index >= 15 is 0 Å². The molecule has 1 atom stereocenters. The molecule has 1 N–H and O–H groups in total. The van der Waals surface area contributed by atoms with Crippen LogP contribution in [0.1, 0.15) is 17.2 Å². The molecule has 1 aromatic heterocycles. The molecule has 8 nitrogen and oxygen atoms in total. The van der Waals surface area contributed by atoms with Crippen LogP contribution >= 0.6 is 0 Å². The Balaban J connectivity index is 1.80. The number of hydrogen-bond donors (Lipinski definition) is 1. The van der Waals surface area contributed by atoms with Crippen molar-refractivity contribution in [2.24, 2.45) is 0 Å². The minimum Gasteiger partial charge on any atom is -0.497 e. The second-order valence-corrected chi connectivity index (χ2v) is 5.94. The maximum absolute atomic E-state index is 5.44. The van der Waals surface area contributed by atoms with Gasteiger partial charge in [0.2, 0.25) is 5.95 Å². The van der Waals surface area contributed by atoms with E-state index in [1.54, 1.807) is 26.0 Å². The molecule has 0 amide bonds. The molecule has 0 saturated heterocycles. The van der Waals surface area contributed by atoms with Gasteiger partial charge in [-0.1, -0.05) is 23.3 Å². The lowest BCUT2D eigenvalue weighted by molar-refractivity contribution is 0.354. The third kappa shape index (κ3) is 3.05. The van der Waals surface area contributed by atoms with E-state index in [-0.39, 0.29) is 6.04 Å². The van der Waals surface area contributed by atoms with Crippen molar-refractivity contribution < 1.29 is 14.2 Å². The average molecular weight is 365 g/mol. The minimum absolute atomic E-state index is 0.197. The molecule has 0 fully saturated rings. The van der Waals surface area contributed by atoms with E-state index in [0.717, 1.165) is 22.6 Å². The van der Waals surface area contributed by atoms with Crippen LogP contribution in [0.25, 0.3) is 5.70 Å². The zero-order valence-electron chi connectivity index (χ0n) is 15.2. The van der Waals surface area contributed by atoms with Crippen molar-refractivity contribution in [2.75, 3.05) is 26.6 Å². The van der Waals surface area contributed by atoms with Crippen LogP contribution in [0.3, 0.4) is 0 Å². The summed E-state index contributed by atoms with van der Waals surface area (Å²) in [6.07, 6.45) is 2.07. The highest BCUT2D eigenvalue weighted by Crippen LogP contribution is 2.36. The number of tetrazole rings is 1. The Labute approximate surface area is 156 Å². The van der Waals surface area contributed by atoms with E-state index in [4.69, 9.17) is 14.2 Å². The van der Waals surface area contributed by atoms with Gasteiger partial charge in [0.25, 0.3) is 0 Å². The Morgan fingerprint density at radius 3 is 2.59 bits per heavy atom. The monoisotopic (exact) mass is 365 g/mol. The van der Waals surface area contributed by atoms with Gasteiger partial charge in [-0.25, -0.2) is 0 Å². The number of hydrogen-bond acceptors (Lipinski definition) is 7. The topological polar surface area (TPSA) is 83.3 Å². The third-order valence-corrected chi connectivity index (χ3v) is 4.46. The summed E-state index contributed by atoms with van der Waals surface area (Å²) < 4.78 is 17.8. The molecule has 0 saturated carbocycles. The maximum Gasteiger partial charge on any atom is 0.248 e. The number of aromatic nitrogens is 4. The molecule has 3 aromatic rings. The summed E-state index contributed by atoms with van der Waals surface area (Å²) in [6, 6.07) is 13.4. The third-order valence-electron chi connectivity index (χ3n) is 4.46. The first-order chi connectivity index (χ1) is 13.2. The second-order valence-electron chi connectivity index (χ2n) is 5.94. The summed E-state index contributed by atoms with van der Waals surface area (Å²) in [5.74, 6) is 2.67. The van der Waals surface area contributed by atoms with Crippen LogP contribution < -0.4 is 19.5 Å². The highest BCUT2D eigenvalue weighted by atomic mass is 16.5. The summed E-state index contributed by atoms with van der Waals surface area (Å²) >= 11 is 0. The smallest absolute Gasteiger partial charge is 0.248 e. The highest BCUT2D eigenvalue weighted by molar-refractivity contribution is 5.77. The fourth-order valence-electron chi connectivity index (χ4n) is 3.09. The van der Waals surface area contributed by atoms with Crippen molar-refractivity contribution >= 4 is 11.6 Å². The number of ether oxygens (including phenoxy) is 3. The lowest BCUT2D eigenvalue weighted by atomic mass is 10.0. The molecule has 138 valence electrons. The highest BCUT2D eigenvalue weighted by Gasteiger charge is 2.25. The number of anilines is 1. The predicted octanol–water partition coefficient (Wildman–Crippen LogP) is 2.75. The summed E-state index contributed by atoms with van der Waals surface area (Å²) in [5, 5.41) is 15.3. The first-order valence-corrected chi connectivity index (χ1v) is 8.36. The second kappa shape index (κ2) is 6.99. The van der Waals surface area contributed by atoms with Gasteiger partial charge in [0.05, 0.1) is 21.3 Å². The van der Waals surface area contributed by atoms with Crippen LogP contribution in [0.2, 0.25) is 0 Å². The first kappa shape index (κ1) is 16.9. The number of allylic oxidation sites excluding steroid dienone is 1. The van der Waals surface area contributed by atoms with E-state index in [1.165, 1.54) is 0 Å².